The van der Waals surface area contributed by atoms with Crippen molar-refractivity contribution in [3.63, 3.8) is 0 Å². The Morgan fingerprint density at radius 2 is 0.806 bits per heavy atom. The van der Waals surface area contributed by atoms with Crippen LogP contribution >= 0.6 is 0 Å². The van der Waals surface area contributed by atoms with Crippen LogP contribution in [0.5, 0.6) is 0 Å². The smallest absolute Gasteiger partial charge is 1.00 e. The maximum Gasteiger partial charge on any atom is 4.00 e. The number of fused-ring (bicyclic) bond motifs is 2. The van der Waals surface area contributed by atoms with E-state index in [1.54, 1.807) is 0 Å². The molecule has 0 aliphatic carbocycles. The van der Waals surface area contributed by atoms with Crippen molar-refractivity contribution in [1.82, 2.24) is 0 Å². The van der Waals surface area contributed by atoms with E-state index in [1.165, 1.54) is 53.4 Å². The third-order valence-corrected chi connectivity index (χ3v) is 12.4. The first-order valence-electron chi connectivity index (χ1n) is 11.6. The van der Waals surface area contributed by atoms with Crippen molar-refractivity contribution in [1.29, 1.82) is 0 Å². The Morgan fingerprint density at radius 1 is 0.472 bits per heavy atom. The van der Waals surface area contributed by atoms with Crippen LogP contribution in [0.1, 0.15) is 11.1 Å². The van der Waals surface area contributed by atoms with E-state index in [9.17, 15) is 0 Å². The summed E-state index contributed by atoms with van der Waals surface area (Å²) in [5, 5.41) is 11.4. The Morgan fingerprint density at radius 3 is 1.19 bits per heavy atom. The van der Waals surface area contributed by atoms with Gasteiger partial charge in [-0.1, -0.05) is 97.0 Å². The standard InChI is InChI=1S/C32H26Si.2ClH.Ti/c1-23-21-25-13-9-11-19-29(25)31(23)33(27-15-5-3-6-16-27,28-17-7-4-8-18-28)32-24(2)22-26-14-10-12-20-30(26)32;;;/h3-22H,1-2H3;2*1H;/q-2;;;+4/p-2. The van der Waals surface area contributed by atoms with Crippen molar-refractivity contribution in [2.45, 2.75) is 13.8 Å². The van der Waals surface area contributed by atoms with Crippen molar-refractivity contribution in [2.75, 3.05) is 0 Å². The summed E-state index contributed by atoms with van der Waals surface area (Å²) in [6.07, 6.45) is 0. The van der Waals surface area contributed by atoms with Crippen LogP contribution in [0.25, 0.3) is 21.5 Å². The van der Waals surface area contributed by atoms with Crippen molar-refractivity contribution in [2.24, 2.45) is 0 Å². The molecule has 0 bridgehead atoms. The van der Waals surface area contributed by atoms with Gasteiger partial charge in [0.15, 0.2) is 0 Å². The molecule has 0 aromatic heterocycles. The summed E-state index contributed by atoms with van der Waals surface area (Å²) in [5.74, 6) is 0. The molecule has 0 radical (unpaired) electrons. The minimum Gasteiger partial charge on any atom is -1.00 e. The maximum absolute atomic E-state index is 2.61. The number of benzene rings is 4. The van der Waals surface area contributed by atoms with E-state index >= 15 is 0 Å². The topological polar surface area (TPSA) is 0 Å². The summed E-state index contributed by atoms with van der Waals surface area (Å²) in [5.41, 5.74) is 2.78. The number of halogens is 2. The average molecular weight is 557 g/mol. The van der Waals surface area contributed by atoms with E-state index in [2.05, 4.69) is 135 Å². The first-order valence-corrected chi connectivity index (χ1v) is 13.6. The Balaban J connectivity index is 0.00000120. The summed E-state index contributed by atoms with van der Waals surface area (Å²) in [6.45, 7) is 4.62. The molecule has 6 aromatic rings. The van der Waals surface area contributed by atoms with Crippen molar-refractivity contribution in [3.05, 3.63) is 132 Å². The predicted molar refractivity (Wildman–Crippen MR) is 146 cm³/mol. The fraction of sp³-hybridized carbons (Fsp3) is 0.0625. The van der Waals surface area contributed by atoms with Gasteiger partial charge in [0, 0.05) is 0 Å². The van der Waals surface area contributed by atoms with Gasteiger partial charge in [0.25, 0.3) is 0 Å². The molecule has 36 heavy (non-hydrogen) atoms. The molecule has 0 saturated carbocycles. The summed E-state index contributed by atoms with van der Waals surface area (Å²) in [7, 11) is -2.61. The molecule has 4 heteroatoms. The minimum atomic E-state index is -2.61. The van der Waals surface area contributed by atoms with Crippen molar-refractivity contribution < 1.29 is 46.5 Å². The minimum absolute atomic E-state index is 0. The molecule has 0 nitrogen and oxygen atoms in total. The number of rotatable bonds is 4. The molecule has 0 amide bonds. The quantitative estimate of drug-likeness (QED) is 0.201. The van der Waals surface area contributed by atoms with Crippen molar-refractivity contribution in [3.8, 4) is 0 Å². The Kier molecular flexibility index (Phi) is 8.88. The molecule has 0 N–H and O–H groups in total. The van der Waals surface area contributed by atoms with Crippen LogP contribution in [0, 0.1) is 13.8 Å². The Labute approximate surface area is 241 Å². The first-order chi connectivity index (χ1) is 16.2. The second-order valence-corrected chi connectivity index (χ2v) is 12.7. The number of aryl methyl sites for hydroxylation is 2. The first kappa shape index (κ1) is 28.2. The second-order valence-electron chi connectivity index (χ2n) is 9.06. The van der Waals surface area contributed by atoms with Gasteiger partial charge >= 0.3 is 21.7 Å². The third-order valence-electron chi connectivity index (χ3n) is 7.16. The van der Waals surface area contributed by atoms with Crippen LogP contribution < -0.4 is 45.6 Å². The molecule has 0 unspecified atom stereocenters. The van der Waals surface area contributed by atoms with Gasteiger partial charge in [0.2, 0.25) is 0 Å². The number of hydrogen-bond acceptors (Lipinski definition) is 0. The molecule has 0 spiro atoms. The van der Waals surface area contributed by atoms with Crippen LogP contribution in [0.4, 0.5) is 0 Å². The molecule has 176 valence electrons. The monoisotopic (exact) mass is 556 g/mol. The van der Waals surface area contributed by atoms with Crippen LogP contribution in [-0.2, 0) is 21.7 Å². The zero-order chi connectivity index (χ0) is 22.4. The van der Waals surface area contributed by atoms with Crippen LogP contribution in [0.3, 0.4) is 0 Å². The van der Waals surface area contributed by atoms with Gasteiger partial charge in [0.1, 0.15) is 0 Å². The maximum atomic E-state index is 2.39. The average Bonchev–Trinajstić information content (AvgIpc) is 3.38. The summed E-state index contributed by atoms with van der Waals surface area (Å²) in [6, 6.07) is 45.2. The summed E-state index contributed by atoms with van der Waals surface area (Å²) >= 11 is 0. The summed E-state index contributed by atoms with van der Waals surface area (Å²) in [4.78, 5) is 0. The van der Waals surface area contributed by atoms with Gasteiger partial charge in [-0.3, -0.25) is 0 Å². The molecule has 0 saturated heterocycles. The molecule has 0 fully saturated rings. The molecular formula is C32H26Cl2SiTi. The van der Waals surface area contributed by atoms with Gasteiger partial charge in [-0.05, 0) is 0 Å². The van der Waals surface area contributed by atoms with Gasteiger partial charge < -0.3 is 24.8 Å². The Hall–Kier alpha value is -2.39. The van der Waals surface area contributed by atoms with E-state index in [-0.39, 0.29) is 46.5 Å². The number of hydrogen-bond donors (Lipinski definition) is 0. The van der Waals surface area contributed by atoms with Crippen LogP contribution in [0.15, 0.2) is 121 Å². The zero-order valence-corrected chi connectivity index (χ0v) is 24.4. The molecule has 6 aromatic carbocycles. The van der Waals surface area contributed by atoms with E-state index < -0.39 is 8.07 Å². The second kappa shape index (κ2) is 11.3. The Bertz CT molecular complexity index is 1460. The van der Waals surface area contributed by atoms with Gasteiger partial charge in [-0.25, -0.2) is 0 Å². The molecule has 6 rings (SSSR count). The van der Waals surface area contributed by atoms with E-state index in [0.717, 1.165) is 0 Å². The normalized spacial score (nSPS) is 10.9. The fourth-order valence-corrected chi connectivity index (χ4v) is 11.7. The molecule has 0 atom stereocenters. The fourth-order valence-electron chi connectivity index (χ4n) is 5.98. The predicted octanol–water partition coefficient (Wildman–Crippen LogP) is -0.569. The van der Waals surface area contributed by atoms with Crippen molar-refractivity contribution >= 4 is 50.4 Å². The molecule has 0 aliphatic rings. The van der Waals surface area contributed by atoms with Gasteiger partial charge in [-0.2, -0.15) is 0 Å². The SMILES string of the molecule is Cc1[cH-]c2ccccc2c1[Si](c1ccccc1)(c1ccccc1)c1c(C)[cH-]c2ccccc12.[Cl-].[Cl-].[Ti+4]. The van der Waals surface area contributed by atoms with E-state index in [4.69, 9.17) is 0 Å². The van der Waals surface area contributed by atoms with Crippen LogP contribution in [0.2, 0.25) is 0 Å². The van der Waals surface area contributed by atoms with Gasteiger partial charge in [0.05, 0.1) is 8.07 Å². The van der Waals surface area contributed by atoms with Crippen LogP contribution in [-0.4, -0.2) is 8.07 Å². The zero-order valence-electron chi connectivity index (χ0n) is 20.3. The van der Waals surface area contributed by atoms with E-state index in [1.807, 2.05) is 0 Å². The largest absolute Gasteiger partial charge is 4.00 e. The molecular weight excluding hydrogens is 531 g/mol. The summed E-state index contributed by atoms with van der Waals surface area (Å²) < 4.78 is 0. The molecule has 0 aliphatic heterocycles. The van der Waals surface area contributed by atoms with E-state index in [0.29, 0.717) is 0 Å². The third kappa shape index (κ3) is 4.24. The van der Waals surface area contributed by atoms with Gasteiger partial charge in [-0.15, -0.1) is 91.6 Å². The molecule has 0 heterocycles.